The van der Waals surface area contributed by atoms with E-state index in [9.17, 15) is 9.59 Å². The monoisotopic (exact) mass is 250 g/mol. The SMILES string of the molecule is CCOC(=O)C(CCC(=O)O)Cc1ccccc1. The molecular weight excluding hydrogens is 232 g/mol. The summed E-state index contributed by atoms with van der Waals surface area (Å²) in [5.41, 5.74) is 1.01. The Kier molecular flexibility index (Phi) is 5.91. The van der Waals surface area contributed by atoms with Crippen molar-refractivity contribution in [3.63, 3.8) is 0 Å². The molecule has 1 aromatic rings. The molecule has 0 fully saturated rings. The van der Waals surface area contributed by atoms with Crippen molar-refractivity contribution in [2.24, 2.45) is 5.92 Å². The van der Waals surface area contributed by atoms with E-state index in [1.165, 1.54) is 0 Å². The summed E-state index contributed by atoms with van der Waals surface area (Å²) in [7, 11) is 0. The van der Waals surface area contributed by atoms with Crippen molar-refractivity contribution in [1.82, 2.24) is 0 Å². The van der Waals surface area contributed by atoms with Gasteiger partial charge in [0.15, 0.2) is 0 Å². The molecule has 0 aliphatic rings. The fourth-order valence-electron chi connectivity index (χ4n) is 1.76. The van der Waals surface area contributed by atoms with Crippen LogP contribution in [0.25, 0.3) is 0 Å². The Morgan fingerprint density at radius 1 is 1.28 bits per heavy atom. The summed E-state index contributed by atoms with van der Waals surface area (Å²) in [6.07, 6.45) is 0.812. The van der Waals surface area contributed by atoms with Crippen LogP contribution in [0.1, 0.15) is 25.3 Å². The summed E-state index contributed by atoms with van der Waals surface area (Å²) in [5.74, 6) is -1.59. The minimum absolute atomic E-state index is 0.0175. The molecule has 0 radical (unpaired) electrons. The number of ether oxygens (including phenoxy) is 1. The van der Waals surface area contributed by atoms with Crippen LogP contribution in [0.15, 0.2) is 30.3 Å². The van der Waals surface area contributed by atoms with Gasteiger partial charge in [0.2, 0.25) is 0 Å². The highest BCUT2D eigenvalue weighted by molar-refractivity contribution is 5.74. The van der Waals surface area contributed by atoms with Gasteiger partial charge in [-0.15, -0.1) is 0 Å². The highest BCUT2D eigenvalue weighted by Crippen LogP contribution is 2.16. The van der Waals surface area contributed by atoms with Crippen molar-refractivity contribution in [2.75, 3.05) is 6.61 Å². The molecule has 18 heavy (non-hydrogen) atoms. The first-order chi connectivity index (χ1) is 8.63. The number of esters is 1. The van der Waals surface area contributed by atoms with Crippen molar-refractivity contribution in [3.8, 4) is 0 Å². The number of rotatable bonds is 7. The second kappa shape index (κ2) is 7.48. The Balaban J connectivity index is 2.64. The molecule has 0 aliphatic carbocycles. The second-order valence-electron chi connectivity index (χ2n) is 4.07. The maximum absolute atomic E-state index is 11.7. The van der Waals surface area contributed by atoms with E-state index in [0.29, 0.717) is 19.4 Å². The van der Waals surface area contributed by atoms with Crippen LogP contribution < -0.4 is 0 Å². The van der Waals surface area contributed by atoms with Gasteiger partial charge in [-0.2, -0.15) is 0 Å². The minimum atomic E-state index is -0.891. The Bertz CT molecular complexity index is 386. The summed E-state index contributed by atoms with van der Waals surface area (Å²) in [5, 5.41) is 8.69. The van der Waals surface area contributed by atoms with Crippen LogP contribution in [0.4, 0.5) is 0 Å². The predicted molar refractivity (Wildman–Crippen MR) is 67.1 cm³/mol. The lowest BCUT2D eigenvalue weighted by atomic mass is 9.95. The molecule has 1 atom stereocenters. The van der Waals surface area contributed by atoms with Crippen LogP contribution in [0, 0.1) is 5.92 Å². The molecule has 0 amide bonds. The number of carbonyl (C=O) groups is 2. The molecule has 98 valence electrons. The van der Waals surface area contributed by atoms with Crippen LogP contribution >= 0.6 is 0 Å². The zero-order chi connectivity index (χ0) is 13.4. The van der Waals surface area contributed by atoms with E-state index in [2.05, 4.69) is 0 Å². The number of carboxylic acids is 1. The maximum atomic E-state index is 11.7. The minimum Gasteiger partial charge on any atom is -0.481 e. The zero-order valence-corrected chi connectivity index (χ0v) is 10.5. The molecule has 0 saturated heterocycles. The van der Waals surface area contributed by atoms with Gasteiger partial charge in [-0.3, -0.25) is 9.59 Å². The number of hydrogen-bond donors (Lipinski definition) is 1. The van der Waals surface area contributed by atoms with Crippen LogP contribution in [-0.4, -0.2) is 23.7 Å². The summed E-state index contributed by atoms with van der Waals surface area (Å²) in [6, 6.07) is 9.55. The molecule has 0 bridgehead atoms. The van der Waals surface area contributed by atoms with Gasteiger partial charge in [0, 0.05) is 6.42 Å². The Morgan fingerprint density at radius 2 is 1.94 bits per heavy atom. The first-order valence-corrected chi connectivity index (χ1v) is 6.05. The molecule has 0 aliphatic heterocycles. The van der Waals surface area contributed by atoms with Crippen molar-refractivity contribution in [1.29, 1.82) is 0 Å². The Morgan fingerprint density at radius 3 is 2.50 bits per heavy atom. The summed E-state index contributed by atoms with van der Waals surface area (Å²) in [4.78, 5) is 22.3. The summed E-state index contributed by atoms with van der Waals surface area (Å²) < 4.78 is 4.98. The average Bonchev–Trinajstić information content (AvgIpc) is 2.35. The van der Waals surface area contributed by atoms with Crippen molar-refractivity contribution < 1.29 is 19.4 Å². The van der Waals surface area contributed by atoms with Crippen LogP contribution in [0.5, 0.6) is 0 Å². The number of aliphatic carboxylic acids is 1. The van der Waals surface area contributed by atoms with Gasteiger partial charge < -0.3 is 9.84 Å². The predicted octanol–water partition coefficient (Wildman–Crippen LogP) is 2.27. The van der Waals surface area contributed by atoms with Gasteiger partial charge in [-0.1, -0.05) is 30.3 Å². The third-order valence-corrected chi connectivity index (χ3v) is 2.65. The summed E-state index contributed by atoms with van der Waals surface area (Å²) in [6.45, 7) is 2.06. The second-order valence-corrected chi connectivity index (χ2v) is 4.07. The Hall–Kier alpha value is -1.84. The lowest BCUT2D eigenvalue weighted by molar-refractivity contribution is -0.148. The highest BCUT2D eigenvalue weighted by Gasteiger charge is 2.21. The van der Waals surface area contributed by atoms with Crippen molar-refractivity contribution >= 4 is 11.9 Å². The van der Waals surface area contributed by atoms with E-state index in [4.69, 9.17) is 9.84 Å². The molecule has 1 N–H and O–H groups in total. The zero-order valence-electron chi connectivity index (χ0n) is 10.5. The van der Waals surface area contributed by atoms with E-state index in [0.717, 1.165) is 5.56 Å². The number of carboxylic acid groups (broad SMARTS) is 1. The van der Waals surface area contributed by atoms with E-state index < -0.39 is 5.97 Å². The molecule has 1 rings (SSSR count). The number of hydrogen-bond acceptors (Lipinski definition) is 3. The normalized spacial score (nSPS) is 11.8. The largest absolute Gasteiger partial charge is 0.481 e. The van der Waals surface area contributed by atoms with E-state index in [-0.39, 0.29) is 18.3 Å². The van der Waals surface area contributed by atoms with E-state index in [1.807, 2.05) is 30.3 Å². The third kappa shape index (κ3) is 4.99. The molecule has 0 saturated carbocycles. The van der Waals surface area contributed by atoms with Gasteiger partial charge in [-0.25, -0.2) is 0 Å². The molecule has 1 unspecified atom stereocenters. The van der Waals surface area contributed by atoms with Gasteiger partial charge in [-0.05, 0) is 25.3 Å². The molecule has 0 aromatic heterocycles. The maximum Gasteiger partial charge on any atom is 0.309 e. The number of benzene rings is 1. The fourth-order valence-corrected chi connectivity index (χ4v) is 1.76. The standard InChI is InChI=1S/C14H18O4/c1-2-18-14(17)12(8-9-13(15)16)10-11-6-4-3-5-7-11/h3-7,12H,2,8-10H2,1H3,(H,15,16). The van der Waals surface area contributed by atoms with Crippen LogP contribution in [0.2, 0.25) is 0 Å². The topological polar surface area (TPSA) is 63.6 Å². The van der Waals surface area contributed by atoms with Crippen LogP contribution in [0.3, 0.4) is 0 Å². The summed E-state index contributed by atoms with van der Waals surface area (Å²) >= 11 is 0. The van der Waals surface area contributed by atoms with Crippen molar-refractivity contribution in [2.45, 2.75) is 26.2 Å². The van der Waals surface area contributed by atoms with Crippen molar-refractivity contribution in [3.05, 3.63) is 35.9 Å². The average molecular weight is 250 g/mol. The number of carbonyl (C=O) groups excluding carboxylic acids is 1. The molecular formula is C14H18O4. The van der Waals surface area contributed by atoms with Gasteiger partial charge in [0.1, 0.15) is 0 Å². The van der Waals surface area contributed by atoms with Gasteiger partial charge in [0.25, 0.3) is 0 Å². The lowest BCUT2D eigenvalue weighted by Gasteiger charge is -2.14. The molecule has 4 nitrogen and oxygen atoms in total. The lowest BCUT2D eigenvalue weighted by Crippen LogP contribution is -2.21. The molecule has 4 heteroatoms. The fraction of sp³-hybridized carbons (Fsp3) is 0.429. The van der Waals surface area contributed by atoms with Gasteiger partial charge in [0.05, 0.1) is 12.5 Å². The van der Waals surface area contributed by atoms with Gasteiger partial charge >= 0.3 is 11.9 Å². The highest BCUT2D eigenvalue weighted by atomic mass is 16.5. The smallest absolute Gasteiger partial charge is 0.309 e. The quantitative estimate of drug-likeness (QED) is 0.754. The van der Waals surface area contributed by atoms with Crippen LogP contribution in [-0.2, 0) is 20.7 Å². The molecule has 0 heterocycles. The van der Waals surface area contributed by atoms with E-state index >= 15 is 0 Å². The Labute approximate surface area is 107 Å². The first kappa shape index (κ1) is 14.2. The first-order valence-electron chi connectivity index (χ1n) is 6.05. The third-order valence-electron chi connectivity index (χ3n) is 2.65. The molecule has 0 spiro atoms. The van der Waals surface area contributed by atoms with E-state index in [1.54, 1.807) is 6.92 Å². The molecule has 1 aromatic carbocycles.